The Labute approximate surface area is 211 Å². The maximum atomic E-state index is 13.7. The van der Waals surface area contributed by atoms with Crippen LogP contribution in [-0.2, 0) is 12.8 Å². The van der Waals surface area contributed by atoms with Crippen molar-refractivity contribution >= 4 is 39.1 Å². The highest BCUT2D eigenvalue weighted by molar-refractivity contribution is 9.10. The molecule has 3 aromatic rings. The van der Waals surface area contributed by atoms with Gasteiger partial charge < -0.3 is 0 Å². The van der Waals surface area contributed by atoms with Gasteiger partial charge in [0.1, 0.15) is 36.9 Å². The topological polar surface area (TPSA) is 53.5 Å². The standard InChI is InChI=1S/C27H22BrN5O2/c1-32-15-20(11-17-7-3-5-9-24(17)32)30(32)26(34)22-13-19(28)14-23(29-22)27(35)31-21-12-18-8-4-6-10-25(18)33(31,2)16-21/h3-10,13-16H,11-12H2,1-2H3/q+2. The quantitative estimate of drug-likeness (QED) is 0.455. The number of carbonyl (C=O) groups excluding carboxylic acids is 2. The number of quaternary nitrogens is 2. The number of amides is 2. The number of nitrogens with zero attached hydrogens (tertiary/aromatic N) is 5. The molecule has 2 amide bonds. The van der Waals surface area contributed by atoms with Crippen LogP contribution in [0.15, 0.2) is 88.9 Å². The van der Waals surface area contributed by atoms with Gasteiger partial charge >= 0.3 is 11.8 Å². The van der Waals surface area contributed by atoms with E-state index in [2.05, 4.69) is 57.6 Å². The maximum absolute atomic E-state index is 13.7. The minimum Gasteiger partial charge on any atom is -0.262 e. The number of carbonyl (C=O) groups is 2. The average Bonchev–Trinajstić information content (AvgIpc) is 2.83. The van der Waals surface area contributed by atoms with E-state index in [0.717, 1.165) is 22.8 Å². The van der Waals surface area contributed by atoms with Crippen LogP contribution in [0.3, 0.4) is 0 Å². The second-order valence-electron chi connectivity index (χ2n) is 9.69. The van der Waals surface area contributed by atoms with Crippen LogP contribution in [0, 0.1) is 0 Å². The van der Waals surface area contributed by atoms with Crippen LogP contribution in [0.4, 0.5) is 11.4 Å². The molecule has 8 rings (SSSR count). The van der Waals surface area contributed by atoms with E-state index in [9.17, 15) is 9.59 Å². The van der Waals surface area contributed by atoms with Crippen molar-refractivity contribution in [3.63, 3.8) is 0 Å². The van der Waals surface area contributed by atoms with E-state index in [0.29, 0.717) is 17.3 Å². The molecule has 0 fully saturated rings. The molecule has 0 saturated heterocycles. The van der Waals surface area contributed by atoms with Crippen molar-refractivity contribution in [2.24, 2.45) is 0 Å². The lowest BCUT2D eigenvalue weighted by molar-refractivity contribution is 0.0215. The van der Waals surface area contributed by atoms with Crippen LogP contribution < -0.4 is 9.18 Å². The normalized spacial score (nSPS) is 24.9. The largest absolute Gasteiger partial charge is 0.323 e. The van der Waals surface area contributed by atoms with Crippen LogP contribution in [-0.4, -0.2) is 40.9 Å². The molecule has 0 radical (unpaired) electrons. The molecule has 2 aromatic carbocycles. The molecule has 6 heterocycles. The lowest BCUT2D eigenvalue weighted by Crippen LogP contribution is -2.67. The molecule has 35 heavy (non-hydrogen) atoms. The molecule has 0 N–H and O–H groups in total. The summed E-state index contributed by atoms with van der Waals surface area (Å²) >= 11 is 3.51. The van der Waals surface area contributed by atoms with Gasteiger partial charge in [-0.15, -0.1) is 10.0 Å². The predicted octanol–water partition coefficient (Wildman–Crippen LogP) is 4.66. The summed E-state index contributed by atoms with van der Waals surface area (Å²) < 4.78 is 1.22. The summed E-state index contributed by atoms with van der Waals surface area (Å²) in [4.78, 5) is 32.0. The fourth-order valence-electron chi connectivity index (χ4n) is 5.99. The smallest absolute Gasteiger partial charge is 0.262 e. The third-order valence-electron chi connectivity index (χ3n) is 7.49. The van der Waals surface area contributed by atoms with Crippen LogP contribution >= 0.6 is 15.9 Å². The monoisotopic (exact) mass is 527 g/mol. The molecular weight excluding hydrogens is 506 g/mol. The van der Waals surface area contributed by atoms with E-state index in [1.807, 2.05) is 38.4 Å². The second-order valence-corrected chi connectivity index (χ2v) is 10.6. The summed E-state index contributed by atoms with van der Waals surface area (Å²) in [5.74, 6) is -0.437. The highest BCUT2D eigenvalue weighted by Gasteiger charge is 2.55. The minimum atomic E-state index is -0.219. The van der Waals surface area contributed by atoms with Crippen LogP contribution in [0.2, 0.25) is 0 Å². The number of hydrogen-bond acceptors (Lipinski definition) is 3. The summed E-state index contributed by atoms with van der Waals surface area (Å²) in [6, 6.07) is 19.7. The van der Waals surface area contributed by atoms with Crippen LogP contribution in [0.1, 0.15) is 32.1 Å². The third-order valence-corrected chi connectivity index (χ3v) is 7.95. The molecule has 1 aromatic heterocycles. The highest BCUT2D eigenvalue weighted by atomic mass is 79.9. The predicted molar refractivity (Wildman–Crippen MR) is 136 cm³/mol. The van der Waals surface area contributed by atoms with Gasteiger partial charge in [0.2, 0.25) is 0 Å². The average molecular weight is 528 g/mol. The van der Waals surface area contributed by atoms with Gasteiger partial charge in [-0.3, -0.25) is 9.59 Å². The molecular formula is C27H22BrN5O2+2. The van der Waals surface area contributed by atoms with Crippen molar-refractivity contribution in [2.45, 2.75) is 12.8 Å². The summed E-state index contributed by atoms with van der Waals surface area (Å²) in [5.41, 5.74) is 6.99. The SMILES string of the molecule is C[N+]12C=C(Cc3ccccc31)N2C(=O)c1cc(Br)cc(C(=O)N2C3=C[N+]2(C)c2ccccc2C3)n1. The Kier molecular flexibility index (Phi) is 4.00. The number of aromatic nitrogens is 1. The summed E-state index contributed by atoms with van der Waals surface area (Å²) in [6.45, 7) is 0. The molecule has 0 aliphatic carbocycles. The summed E-state index contributed by atoms with van der Waals surface area (Å²) in [7, 11) is 3.99. The molecule has 4 bridgehead atoms. The Balaban J connectivity index is 1.23. The van der Waals surface area contributed by atoms with Crippen LogP contribution in [0.5, 0.6) is 0 Å². The number of halogens is 1. The number of pyridine rings is 1. The Morgan fingerprint density at radius 2 is 1.20 bits per heavy atom. The Bertz CT molecular complexity index is 1450. The van der Waals surface area contributed by atoms with Gasteiger partial charge in [-0.25, -0.2) is 4.98 Å². The fourth-order valence-corrected chi connectivity index (χ4v) is 6.42. The van der Waals surface area contributed by atoms with Crippen LogP contribution in [0.25, 0.3) is 0 Å². The van der Waals surface area contributed by atoms with E-state index < -0.39 is 0 Å². The van der Waals surface area contributed by atoms with Gasteiger partial charge in [0.15, 0.2) is 23.8 Å². The molecule has 0 spiro atoms. The molecule has 0 saturated carbocycles. The highest BCUT2D eigenvalue weighted by Crippen LogP contribution is 2.47. The Hall–Kier alpha value is -3.59. The second kappa shape index (κ2) is 6.75. The van der Waals surface area contributed by atoms with Crippen molar-refractivity contribution in [2.75, 3.05) is 14.1 Å². The Morgan fingerprint density at radius 1 is 0.771 bits per heavy atom. The van der Waals surface area contributed by atoms with Crippen molar-refractivity contribution in [1.29, 1.82) is 0 Å². The zero-order valence-corrected chi connectivity index (χ0v) is 20.9. The van der Waals surface area contributed by atoms with Gasteiger partial charge in [-0.2, -0.15) is 9.18 Å². The number of fused-ring (bicyclic) bond motifs is 3. The number of benzene rings is 2. The third kappa shape index (κ3) is 2.64. The van der Waals surface area contributed by atoms with Gasteiger partial charge in [0.05, 0.1) is 0 Å². The molecule has 2 unspecified atom stereocenters. The van der Waals surface area contributed by atoms with Crippen molar-refractivity contribution in [1.82, 2.24) is 24.2 Å². The zero-order valence-electron chi connectivity index (χ0n) is 19.3. The molecule has 5 aliphatic heterocycles. The number of para-hydroxylation sites is 2. The molecule has 2 atom stereocenters. The first-order valence-corrected chi connectivity index (χ1v) is 12.3. The minimum absolute atomic E-state index is 0.219. The van der Waals surface area contributed by atoms with Crippen molar-refractivity contribution in [3.05, 3.63) is 111 Å². The maximum Gasteiger partial charge on any atom is 0.323 e. The molecule has 5 aliphatic rings. The Morgan fingerprint density at radius 3 is 1.66 bits per heavy atom. The molecule has 7 nitrogen and oxygen atoms in total. The lowest BCUT2D eigenvalue weighted by Gasteiger charge is -2.51. The fraction of sp³-hybridized carbons (Fsp3) is 0.148. The molecule has 172 valence electrons. The van der Waals surface area contributed by atoms with Gasteiger partial charge in [-0.05, 0) is 12.1 Å². The summed E-state index contributed by atoms with van der Waals surface area (Å²) in [6.07, 6.45) is 5.58. The molecule has 8 heteroatoms. The van der Waals surface area contributed by atoms with E-state index in [-0.39, 0.29) is 32.4 Å². The van der Waals surface area contributed by atoms with E-state index >= 15 is 0 Å². The van der Waals surface area contributed by atoms with Gasteiger partial charge in [0, 0.05) is 40.6 Å². The van der Waals surface area contributed by atoms with Gasteiger partial charge in [-0.1, -0.05) is 52.3 Å². The number of hydrogen-bond donors (Lipinski definition) is 0. The zero-order chi connectivity index (χ0) is 24.1. The van der Waals surface area contributed by atoms with Crippen molar-refractivity contribution < 1.29 is 9.59 Å². The van der Waals surface area contributed by atoms with Crippen molar-refractivity contribution in [3.8, 4) is 0 Å². The first kappa shape index (κ1) is 20.8. The van der Waals surface area contributed by atoms with Gasteiger partial charge in [0.25, 0.3) is 0 Å². The number of allylic oxidation sites excluding steroid dienone is 2. The van der Waals surface area contributed by atoms with E-state index in [1.165, 1.54) is 11.1 Å². The lowest BCUT2D eigenvalue weighted by atomic mass is 9.98. The number of rotatable bonds is 2. The first-order valence-electron chi connectivity index (χ1n) is 11.5. The first-order chi connectivity index (χ1) is 16.8. The van der Waals surface area contributed by atoms with E-state index in [4.69, 9.17) is 0 Å². The van der Waals surface area contributed by atoms with E-state index in [1.54, 1.807) is 22.2 Å². The summed E-state index contributed by atoms with van der Waals surface area (Å²) in [5, 5.41) is 3.53.